The van der Waals surface area contributed by atoms with Crippen LogP contribution in [0.4, 0.5) is 0 Å². The summed E-state index contributed by atoms with van der Waals surface area (Å²) in [4.78, 5) is 39.0. The van der Waals surface area contributed by atoms with Crippen LogP contribution in [0.3, 0.4) is 0 Å². The topological polar surface area (TPSA) is 63.7 Å². The Kier molecular flexibility index (Phi) is 3.85. The van der Waals surface area contributed by atoms with Gasteiger partial charge in [0.2, 0.25) is 11.8 Å². The summed E-state index contributed by atoms with van der Waals surface area (Å²) < 4.78 is 4.88. The molecule has 2 fully saturated rings. The number of esters is 1. The van der Waals surface area contributed by atoms with Gasteiger partial charge in [-0.2, -0.15) is 0 Å². The standard InChI is InChI=1S/C18H25NO4/c1-18(2,3)19-15(20)12-8-7-10-5-6-11(17(22)23-4)9-13(10)14(12)16(19)21/h7,11-14H,5-6,8-9H2,1-4H3/t11-,12-,13+,14-/m0/s1. The zero-order valence-corrected chi connectivity index (χ0v) is 14.3. The lowest BCUT2D eigenvalue weighted by molar-refractivity contribution is -0.149. The van der Waals surface area contributed by atoms with Crippen LogP contribution in [0.25, 0.3) is 0 Å². The van der Waals surface area contributed by atoms with Crippen molar-refractivity contribution >= 4 is 17.8 Å². The zero-order valence-electron chi connectivity index (χ0n) is 14.3. The number of hydrogen-bond acceptors (Lipinski definition) is 4. The summed E-state index contributed by atoms with van der Waals surface area (Å²) >= 11 is 0. The number of likely N-dealkylation sites (tertiary alicyclic amines) is 1. The number of amides is 2. The Balaban J connectivity index is 1.90. The van der Waals surface area contributed by atoms with Crippen LogP contribution in [0.5, 0.6) is 0 Å². The molecule has 0 aromatic rings. The molecule has 5 heteroatoms. The quantitative estimate of drug-likeness (QED) is 0.423. The maximum atomic E-state index is 13.0. The molecule has 0 bridgehead atoms. The van der Waals surface area contributed by atoms with Crippen LogP contribution in [0.2, 0.25) is 0 Å². The van der Waals surface area contributed by atoms with Crippen molar-refractivity contribution in [3.63, 3.8) is 0 Å². The Hall–Kier alpha value is -1.65. The second kappa shape index (κ2) is 5.46. The van der Waals surface area contributed by atoms with Gasteiger partial charge in [0.25, 0.3) is 0 Å². The Morgan fingerprint density at radius 2 is 1.91 bits per heavy atom. The molecule has 3 rings (SSSR count). The first-order chi connectivity index (χ1) is 10.8. The molecule has 0 N–H and O–H groups in total. The second-order valence-electron chi connectivity index (χ2n) is 7.93. The summed E-state index contributed by atoms with van der Waals surface area (Å²) in [6, 6.07) is 0. The molecule has 23 heavy (non-hydrogen) atoms. The number of rotatable bonds is 1. The number of carbonyl (C=O) groups is 3. The molecule has 0 radical (unpaired) electrons. The van der Waals surface area contributed by atoms with Crippen molar-refractivity contribution in [2.45, 2.75) is 52.0 Å². The van der Waals surface area contributed by atoms with E-state index in [1.54, 1.807) is 0 Å². The van der Waals surface area contributed by atoms with Crippen molar-refractivity contribution in [3.8, 4) is 0 Å². The number of carbonyl (C=O) groups excluding carboxylic acids is 3. The molecule has 1 heterocycles. The van der Waals surface area contributed by atoms with Crippen molar-refractivity contribution < 1.29 is 19.1 Å². The number of nitrogens with zero attached hydrogens (tertiary/aromatic N) is 1. The first-order valence-electron chi connectivity index (χ1n) is 8.40. The largest absolute Gasteiger partial charge is 0.469 e. The molecule has 2 aliphatic carbocycles. The summed E-state index contributed by atoms with van der Waals surface area (Å²) in [7, 11) is 1.41. The van der Waals surface area contributed by atoms with Gasteiger partial charge in [0.15, 0.2) is 0 Å². The Bertz CT molecular complexity index is 586. The van der Waals surface area contributed by atoms with Gasteiger partial charge in [0.1, 0.15) is 0 Å². The molecule has 4 atom stereocenters. The summed E-state index contributed by atoms with van der Waals surface area (Å²) in [6.07, 6.45) is 5.01. The molecule has 0 aromatic carbocycles. The lowest BCUT2D eigenvalue weighted by Crippen LogP contribution is -2.46. The van der Waals surface area contributed by atoms with Crippen LogP contribution >= 0.6 is 0 Å². The molecule has 3 aliphatic rings. The predicted octanol–water partition coefficient (Wildman–Crippen LogP) is 2.31. The van der Waals surface area contributed by atoms with Crippen LogP contribution in [-0.2, 0) is 19.1 Å². The third-order valence-electron chi connectivity index (χ3n) is 5.55. The van der Waals surface area contributed by atoms with Crippen LogP contribution in [0.15, 0.2) is 11.6 Å². The van der Waals surface area contributed by atoms with Gasteiger partial charge in [0.05, 0.1) is 24.9 Å². The van der Waals surface area contributed by atoms with E-state index in [4.69, 9.17) is 4.74 Å². The summed E-state index contributed by atoms with van der Waals surface area (Å²) in [5.74, 6) is -1.02. The molecule has 0 aromatic heterocycles. The van der Waals surface area contributed by atoms with Gasteiger partial charge in [-0.05, 0) is 52.4 Å². The lowest BCUT2D eigenvalue weighted by atomic mass is 9.65. The Morgan fingerprint density at radius 1 is 1.22 bits per heavy atom. The molecule has 0 spiro atoms. The molecule has 1 saturated carbocycles. The van der Waals surface area contributed by atoms with Crippen LogP contribution < -0.4 is 0 Å². The maximum Gasteiger partial charge on any atom is 0.308 e. The first-order valence-corrected chi connectivity index (χ1v) is 8.40. The van der Waals surface area contributed by atoms with E-state index in [9.17, 15) is 14.4 Å². The number of ether oxygens (including phenoxy) is 1. The van der Waals surface area contributed by atoms with Gasteiger partial charge >= 0.3 is 5.97 Å². The molecule has 0 unspecified atom stereocenters. The minimum Gasteiger partial charge on any atom is -0.469 e. The molecule has 2 amide bonds. The van der Waals surface area contributed by atoms with E-state index in [1.807, 2.05) is 20.8 Å². The predicted molar refractivity (Wildman–Crippen MR) is 84.1 cm³/mol. The normalized spacial score (nSPS) is 33.9. The molecular weight excluding hydrogens is 294 g/mol. The van der Waals surface area contributed by atoms with E-state index < -0.39 is 5.54 Å². The van der Waals surface area contributed by atoms with Gasteiger partial charge in [-0.25, -0.2) is 0 Å². The monoisotopic (exact) mass is 319 g/mol. The van der Waals surface area contributed by atoms with Gasteiger partial charge < -0.3 is 4.74 Å². The van der Waals surface area contributed by atoms with Crippen molar-refractivity contribution in [1.29, 1.82) is 0 Å². The third-order valence-corrected chi connectivity index (χ3v) is 5.55. The highest BCUT2D eigenvalue weighted by molar-refractivity contribution is 6.06. The fraction of sp³-hybridized carbons (Fsp3) is 0.722. The van der Waals surface area contributed by atoms with E-state index in [0.717, 1.165) is 12.8 Å². The summed E-state index contributed by atoms with van der Waals surface area (Å²) in [6.45, 7) is 5.69. The number of fused-ring (bicyclic) bond motifs is 3. The molecular formula is C18H25NO4. The van der Waals surface area contributed by atoms with Crippen molar-refractivity contribution in [2.75, 3.05) is 7.11 Å². The number of allylic oxidation sites excluding steroid dienone is 2. The smallest absolute Gasteiger partial charge is 0.308 e. The fourth-order valence-corrected chi connectivity index (χ4v) is 4.50. The van der Waals surface area contributed by atoms with E-state index >= 15 is 0 Å². The molecule has 1 aliphatic heterocycles. The van der Waals surface area contributed by atoms with Gasteiger partial charge in [-0.3, -0.25) is 19.3 Å². The van der Waals surface area contributed by atoms with Crippen molar-refractivity contribution in [1.82, 2.24) is 4.90 Å². The third kappa shape index (κ3) is 2.50. The lowest BCUT2D eigenvalue weighted by Gasteiger charge is -2.37. The first kappa shape index (κ1) is 16.2. The van der Waals surface area contributed by atoms with Gasteiger partial charge in [-0.1, -0.05) is 11.6 Å². The minimum atomic E-state index is -0.498. The van der Waals surface area contributed by atoms with E-state index in [0.29, 0.717) is 12.8 Å². The highest BCUT2D eigenvalue weighted by atomic mass is 16.5. The highest BCUT2D eigenvalue weighted by Gasteiger charge is 2.56. The average Bonchev–Trinajstić information content (AvgIpc) is 2.77. The molecule has 5 nitrogen and oxygen atoms in total. The van der Waals surface area contributed by atoms with Crippen molar-refractivity contribution in [3.05, 3.63) is 11.6 Å². The number of hydrogen-bond donors (Lipinski definition) is 0. The Labute approximate surface area is 137 Å². The summed E-state index contributed by atoms with van der Waals surface area (Å²) in [5.41, 5.74) is 0.755. The minimum absolute atomic E-state index is 0.00963. The summed E-state index contributed by atoms with van der Waals surface area (Å²) in [5, 5.41) is 0. The highest BCUT2D eigenvalue weighted by Crippen LogP contribution is 2.49. The molecule has 1 saturated heterocycles. The Morgan fingerprint density at radius 3 is 2.52 bits per heavy atom. The SMILES string of the molecule is COC(=O)[C@H]1CCC2=CC[C@@H]3C(=O)N(C(C)(C)C)C(=O)[C@@H]3[C@@H]2C1. The molecule has 126 valence electrons. The maximum absolute atomic E-state index is 13.0. The van der Waals surface area contributed by atoms with E-state index in [2.05, 4.69) is 6.08 Å². The van der Waals surface area contributed by atoms with E-state index in [-0.39, 0.29) is 41.5 Å². The van der Waals surface area contributed by atoms with Gasteiger partial charge in [0, 0.05) is 5.54 Å². The average molecular weight is 319 g/mol. The van der Waals surface area contributed by atoms with Crippen LogP contribution in [0.1, 0.15) is 46.5 Å². The van der Waals surface area contributed by atoms with Crippen LogP contribution in [-0.4, -0.2) is 35.3 Å². The van der Waals surface area contributed by atoms with Crippen molar-refractivity contribution in [2.24, 2.45) is 23.7 Å². The zero-order chi connectivity index (χ0) is 16.9. The second-order valence-corrected chi connectivity index (χ2v) is 7.93. The fourth-order valence-electron chi connectivity index (χ4n) is 4.50. The number of imide groups is 1. The van der Waals surface area contributed by atoms with Gasteiger partial charge in [-0.15, -0.1) is 0 Å². The van der Waals surface area contributed by atoms with Crippen LogP contribution in [0, 0.1) is 23.7 Å². The van der Waals surface area contributed by atoms with E-state index in [1.165, 1.54) is 17.6 Å². The number of methoxy groups -OCH3 is 1.